The molecule has 5 nitrogen and oxygen atoms in total. The highest BCUT2D eigenvalue weighted by atomic mass is 16.7. The van der Waals surface area contributed by atoms with E-state index in [1.807, 2.05) is 43.3 Å². The summed E-state index contributed by atoms with van der Waals surface area (Å²) in [6.07, 6.45) is 0.331. The molecule has 2 aliphatic rings. The largest absolute Gasteiger partial charge is 0.497 e. The third kappa shape index (κ3) is 2.22. The third-order valence-corrected chi connectivity index (χ3v) is 5.10. The fourth-order valence-corrected chi connectivity index (χ4v) is 3.60. The van der Waals surface area contributed by atoms with Crippen molar-refractivity contribution in [2.75, 3.05) is 13.9 Å². The minimum atomic E-state index is -1.20. The molecule has 1 aliphatic carbocycles. The second kappa shape index (κ2) is 5.82. The van der Waals surface area contributed by atoms with Gasteiger partial charge in [0.05, 0.1) is 19.2 Å². The molecule has 5 heteroatoms. The highest BCUT2D eigenvalue weighted by molar-refractivity contribution is 5.88. The van der Waals surface area contributed by atoms with Crippen LogP contribution in [0.25, 0.3) is 5.57 Å². The Hall–Kier alpha value is -3.44. The molecule has 2 aromatic rings. The molecule has 1 heterocycles. The van der Waals surface area contributed by atoms with Crippen LogP contribution in [-0.2, 0) is 6.42 Å². The number of rotatable bonds is 2. The Morgan fingerprint density at radius 2 is 1.69 bits per heavy atom. The Morgan fingerprint density at radius 1 is 1.04 bits per heavy atom. The molecule has 2 aromatic carbocycles. The van der Waals surface area contributed by atoms with Crippen LogP contribution in [0.1, 0.15) is 23.6 Å². The van der Waals surface area contributed by atoms with E-state index in [0.29, 0.717) is 17.9 Å². The van der Waals surface area contributed by atoms with Crippen molar-refractivity contribution in [1.82, 2.24) is 0 Å². The first-order valence-corrected chi connectivity index (χ1v) is 8.23. The van der Waals surface area contributed by atoms with E-state index in [9.17, 15) is 10.5 Å². The van der Waals surface area contributed by atoms with Gasteiger partial charge in [0.15, 0.2) is 16.9 Å². The third-order valence-electron chi connectivity index (χ3n) is 5.10. The zero-order valence-corrected chi connectivity index (χ0v) is 14.5. The highest BCUT2D eigenvalue weighted by Crippen LogP contribution is 2.48. The summed E-state index contributed by atoms with van der Waals surface area (Å²) in [5.41, 5.74) is 3.25. The number of methoxy groups -OCH3 is 1. The van der Waals surface area contributed by atoms with Crippen LogP contribution in [0.4, 0.5) is 0 Å². The minimum absolute atomic E-state index is 0.181. The zero-order chi connectivity index (χ0) is 18.3. The van der Waals surface area contributed by atoms with Crippen molar-refractivity contribution in [3.05, 3.63) is 58.7 Å². The predicted octanol–water partition coefficient (Wildman–Crippen LogP) is 3.84. The van der Waals surface area contributed by atoms with Gasteiger partial charge in [-0.25, -0.2) is 0 Å². The fraction of sp³-hybridized carbons (Fsp3) is 0.238. The molecule has 0 bridgehead atoms. The normalized spacial score (nSPS) is 16.5. The van der Waals surface area contributed by atoms with Gasteiger partial charge in [-0.2, -0.15) is 10.5 Å². The second-order valence-electron chi connectivity index (χ2n) is 6.40. The topological polar surface area (TPSA) is 75.3 Å². The number of benzene rings is 2. The Balaban J connectivity index is 1.98. The van der Waals surface area contributed by atoms with Crippen LogP contribution in [0.2, 0.25) is 0 Å². The summed E-state index contributed by atoms with van der Waals surface area (Å²) >= 11 is 0. The molecule has 0 fully saturated rings. The SMILES string of the molecule is COc1ccc(C2=C(C)C(C#N)(C#N)Cc3cc4c(cc32)OCO4)cc1. The maximum atomic E-state index is 9.80. The van der Waals surface area contributed by atoms with Gasteiger partial charge in [-0.1, -0.05) is 12.1 Å². The number of hydrogen-bond acceptors (Lipinski definition) is 5. The molecule has 4 rings (SSSR count). The molecule has 0 saturated carbocycles. The van der Waals surface area contributed by atoms with Crippen LogP contribution in [0.5, 0.6) is 17.2 Å². The Labute approximate surface area is 151 Å². The first kappa shape index (κ1) is 16.1. The Kier molecular flexibility index (Phi) is 3.60. The van der Waals surface area contributed by atoms with Gasteiger partial charge in [0.25, 0.3) is 0 Å². The molecule has 0 saturated heterocycles. The van der Waals surface area contributed by atoms with Gasteiger partial charge in [-0.3, -0.25) is 0 Å². The molecule has 0 spiro atoms. The van der Waals surface area contributed by atoms with Crippen LogP contribution >= 0.6 is 0 Å². The summed E-state index contributed by atoms with van der Waals surface area (Å²) in [5.74, 6) is 2.09. The molecule has 128 valence electrons. The average Bonchev–Trinajstić information content (AvgIpc) is 3.13. The maximum Gasteiger partial charge on any atom is 0.231 e. The van der Waals surface area contributed by atoms with Gasteiger partial charge in [0, 0.05) is 6.42 Å². The van der Waals surface area contributed by atoms with Crippen molar-refractivity contribution in [3.8, 4) is 29.4 Å². The van der Waals surface area contributed by atoms with Crippen molar-refractivity contribution in [2.24, 2.45) is 5.41 Å². The van der Waals surface area contributed by atoms with Gasteiger partial charge in [0.2, 0.25) is 6.79 Å². The van der Waals surface area contributed by atoms with E-state index in [0.717, 1.165) is 33.6 Å². The maximum absolute atomic E-state index is 9.80. The lowest BCUT2D eigenvalue weighted by Gasteiger charge is -2.31. The van der Waals surface area contributed by atoms with E-state index in [-0.39, 0.29) is 6.79 Å². The van der Waals surface area contributed by atoms with Gasteiger partial charge >= 0.3 is 0 Å². The number of fused-ring (bicyclic) bond motifs is 2. The predicted molar refractivity (Wildman–Crippen MR) is 94.6 cm³/mol. The van der Waals surface area contributed by atoms with E-state index < -0.39 is 5.41 Å². The quantitative estimate of drug-likeness (QED) is 0.827. The molecule has 0 atom stereocenters. The van der Waals surface area contributed by atoms with Crippen molar-refractivity contribution >= 4 is 5.57 Å². The van der Waals surface area contributed by atoms with Crippen molar-refractivity contribution in [1.29, 1.82) is 10.5 Å². The number of nitrogens with zero attached hydrogens (tertiary/aromatic N) is 2. The van der Waals surface area contributed by atoms with Gasteiger partial charge < -0.3 is 14.2 Å². The molecule has 1 aliphatic heterocycles. The fourth-order valence-electron chi connectivity index (χ4n) is 3.60. The number of nitriles is 2. The molecule has 0 amide bonds. The van der Waals surface area contributed by atoms with Gasteiger partial charge in [-0.05, 0) is 59.0 Å². The average molecular weight is 344 g/mol. The standard InChI is InChI=1S/C21H16N2O3/c1-13-20(14-3-5-16(24-2)6-4-14)17-8-19-18(25-12-26-19)7-15(17)9-21(13,10-22)11-23/h3-8H,9,12H2,1-2H3. The van der Waals surface area contributed by atoms with Crippen molar-refractivity contribution in [2.45, 2.75) is 13.3 Å². The van der Waals surface area contributed by atoms with E-state index in [1.54, 1.807) is 7.11 Å². The smallest absolute Gasteiger partial charge is 0.231 e. The Morgan fingerprint density at radius 3 is 2.31 bits per heavy atom. The lowest BCUT2D eigenvalue weighted by Crippen LogP contribution is -2.27. The molecule has 0 N–H and O–H groups in total. The lowest BCUT2D eigenvalue weighted by atomic mass is 9.68. The summed E-state index contributed by atoms with van der Waals surface area (Å²) < 4.78 is 16.2. The summed E-state index contributed by atoms with van der Waals surface area (Å²) in [6.45, 7) is 2.04. The molecule has 26 heavy (non-hydrogen) atoms. The van der Waals surface area contributed by atoms with E-state index in [4.69, 9.17) is 14.2 Å². The van der Waals surface area contributed by atoms with Crippen LogP contribution in [0, 0.1) is 28.1 Å². The molecule has 0 unspecified atom stereocenters. The summed E-state index contributed by atoms with van der Waals surface area (Å²) in [5, 5.41) is 19.6. The molecule has 0 aromatic heterocycles. The lowest BCUT2D eigenvalue weighted by molar-refractivity contribution is 0.174. The van der Waals surface area contributed by atoms with Crippen LogP contribution in [0.3, 0.4) is 0 Å². The van der Waals surface area contributed by atoms with Crippen molar-refractivity contribution in [3.63, 3.8) is 0 Å². The number of ether oxygens (including phenoxy) is 3. The minimum Gasteiger partial charge on any atom is -0.497 e. The summed E-state index contributed by atoms with van der Waals surface area (Å²) in [7, 11) is 1.62. The van der Waals surface area contributed by atoms with E-state index in [1.165, 1.54) is 0 Å². The molecular weight excluding hydrogens is 328 g/mol. The summed E-state index contributed by atoms with van der Waals surface area (Å²) in [4.78, 5) is 0. The molecular formula is C21H16N2O3. The molecule has 0 radical (unpaired) electrons. The Bertz CT molecular complexity index is 993. The van der Waals surface area contributed by atoms with Crippen LogP contribution < -0.4 is 14.2 Å². The van der Waals surface area contributed by atoms with E-state index in [2.05, 4.69) is 12.1 Å². The number of allylic oxidation sites excluding steroid dienone is 1. The number of hydrogen-bond donors (Lipinski definition) is 0. The second-order valence-corrected chi connectivity index (χ2v) is 6.40. The first-order chi connectivity index (χ1) is 12.6. The van der Waals surface area contributed by atoms with E-state index >= 15 is 0 Å². The monoisotopic (exact) mass is 344 g/mol. The van der Waals surface area contributed by atoms with Crippen LogP contribution in [-0.4, -0.2) is 13.9 Å². The van der Waals surface area contributed by atoms with Gasteiger partial charge in [-0.15, -0.1) is 0 Å². The summed E-state index contributed by atoms with van der Waals surface area (Å²) in [6, 6.07) is 15.9. The highest BCUT2D eigenvalue weighted by Gasteiger charge is 2.40. The van der Waals surface area contributed by atoms with Crippen LogP contribution in [0.15, 0.2) is 42.0 Å². The zero-order valence-electron chi connectivity index (χ0n) is 14.5. The van der Waals surface area contributed by atoms with Gasteiger partial charge in [0.1, 0.15) is 5.75 Å². The van der Waals surface area contributed by atoms with Crippen molar-refractivity contribution < 1.29 is 14.2 Å². The first-order valence-electron chi connectivity index (χ1n) is 8.23.